The van der Waals surface area contributed by atoms with Crippen molar-refractivity contribution >= 4 is 11.8 Å². The smallest absolute Gasteiger partial charge is 0.123 e. The highest BCUT2D eigenvalue weighted by Gasteiger charge is 1.95. The summed E-state index contributed by atoms with van der Waals surface area (Å²) in [4.78, 5) is 4.04. The van der Waals surface area contributed by atoms with Crippen molar-refractivity contribution in [1.29, 1.82) is 0 Å². The molecule has 0 fully saturated rings. The van der Waals surface area contributed by atoms with Gasteiger partial charge in [-0.15, -0.1) is 0 Å². The Morgan fingerprint density at radius 1 is 1.78 bits per heavy atom. The van der Waals surface area contributed by atoms with Crippen molar-refractivity contribution in [3.05, 3.63) is 18.2 Å². The van der Waals surface area contributed by atoms with E-state index in [0.717, 1.165) is 18.7 Å². The Morgan fingerprint density at radius 3 is 3.00 bits per heavy atom. The summed E-state index contributed by atoms with van der Waals surface area (Å²) in [7, 11) is 0. The van der Waals surface area contributed by atoms with Crippen LogP contribution in [0.25, 0.3) is 0 Å². The molecule has 0 amide bonds. The number of aryl methyl sites for hydroxylation is 1. The third-order valence-corrected chi connectivity index (χ3v) is 1.45. The van der Waals surface area contributed by atoms with Crippen LogP contribution in [0.3, 0.4) is 0 Å². The highest BCUT2D eigenvalue weighted by Crippen LogP contribution is 2.01. The van der Waals surface area contributed by atoms with Gasteiger partial charge in [0.15, 0.2) is 0 Å². The summed E-state index contributed by atoms with van der Waals surface area (Å²) in [5, 5.41) is 0. The molecule has 0 aromatic carbocycles. The molecule has 0 N–H and O–H groups in total. The second kappa shape index (κ2) is 2.87. The van der Waals surface area contributed by atoms with Crippen molar-refractivity contribution in [3.63, 3.8) is 0 Å². The first-order valence-corrected chi connectivity index (χ1v) is 3.36. The summed E-state index contributed by atoms with van der Waals surface area (Å²) in [6.45, 7) is 2.10. The van der Waals surface area contributed by atoms with E-state index in [0.29, 0.717) is 0 Å². The van der Waals surface area contributed by atoms with Crippen molar-refractivity contribution in [1.82, 2.24) is 9.07 Å². The topological polar surface area (TPSA) is 17.8 Å². The maximum absolute atomic E-state index is 5.67. The summed E-state index contributed by atoms with van der Waals surface area (Å²) in [6.07, 6.45) is 5.49. The molecule has 1 rings (SSSR count). The fraction of sp³-hybridized carbons (Fsp3) is 0.500. The summed E-state index contributed by atoms with van der Waals surface area (Å²) >= 11 is 5.67. The Morgan fingerprint density at radius 2 is 2.56 bits per heavy atom. The summed E-state index contributed by atoms with van der Waals surface area (Å²) in [5.41, 5.74) is 0. The van der Waals surface area contributed by atoms with Crippen molar-refractivity contribution in [3.8, 4) is 0 Å². The fourth-order valence-corrected chi connectivity index (χ4v) is 0.893. The van der Waals surface area contributed by atoms with E-state index >= 15 is 0 Å². The normalized spacial score (nSPS) is 10.0. The molecule has 0 saturated heterocycles. The molecule has 0 unspecified atom stereocenters. The molecule has 0 spiro atoms. The van der Waals surface area contributed by atoms with E-state index in [2.05, 4.69) is 11.9 Å². The SMILES string of the molecule is CCCc1nccn1Cl. The molecule has 1 aromatic rings. The Balaban J connectivity index is 2.69. The van der Waals surface area contributed by atoms with Crippen LogP contribution in [0, 0.1) is 0 Å². The minimum absolute atomic E-state index is 0.944. The number of aromatic nitrogens is 2. The van der Waals surface area contributed by atoms with Crippen LogP contribution in [0.2, 0.25) is 0 Å². The number of rotatable bonds is 2. The second-order valence-electron chi connectivity index (χ2n) is 1.90. The minimum Gasteiger partial charge on any atom is -0.246 e. The van der Waals surface area contributed by atoms with Crippen LogP contribution in [-0.4, -0.2) is 9.07 Å². The largest absolute Gasteiger partial charge is 0.246 e. The zero-order valence-electron chi connectivity index (χ0n) is 5.34. The summed E-state index contributed by atoms with van der Waals surface area (Å²) in [6, 6.07) is 0. The van der Waals surface area contributed by atoms with Crippen molar-refractivity contribution in [2.45, 2.75) is 19.8 Å². The van der Waals surface area contributed by atoms with Crippen LogP contribution >= 0.6 is 11.8 Å². The first-order valence-electron chi connectivity index (χ1n) is 3.03. The van der Waals surface area contributed by atoms with Crippen LogP contribution in [0.1, 0.15) is 19.2 Å². The zero-order valence-corrected chi connectivity index (χ0v) is 6.10. The van der Waals surface area contributed by atoms with E-state index in [-0.39, 0.29) is 0 Å². The van der Waals surface area contributed by atoms with Crippen molar-refractivity contribution in [2.75, 3.05) is 0 Å². The zero-order chi connectivity index (χ0) is 6.69. The van der Waals surface area contributed by atoms with Crippen LogP contribution in [0.4, 0.5) is 0 Å². The average Bonchev–Trinajstić information content (AvgIpc) is 2.18. The molecule has 9 heavy (non-hydrogen) atoms. The molecule has 0 atom stereocenters. The van der Waals surface area contributed by atoms with Crippen LogP contribution < -0.4 is 0 Å². The molecule has 0 aliphatic heterocycles. The summed E-state index contributed by atoms with van der Waals surface area (Å²) in [5.74, 6) is 0.944. The van der Waals surface area contributed by atoms with Gasteiger partial charge in [0.05, 0.1) is 0 Å². The van der Waals surface area contributed by atoms with Gasteiger partial charge in [-0.1, -0.05) is 6.92 Å². The Kier molecular flexibility index (Phi) is 2.11. The quantitative estimate of drug-likeness (QED) is 0.620. The Labute approximate surface area is 59.6 Å². The van der Waals surface area contributed by atoms with Gasteiger partial charge in [0.25, 0.3) is 0 Å². The summed E-state index contributed by atoms with van der Waals surface area (Å²) < 4.78 is 1.53. The van der Waals surface area contributed by atoms with Crippen molar-refractivity contribution < 1.29 is 0 Å². The molecule has 2 nitrogen and oxygen atoms in total. The van der Waals surface area contributed by atoms with Gasteiger partial charge in [-0.3, -0.25) is 0 Å². The highest BCUT2D eigenvalue weighted by molar-refractivity contribution is 6.15. The highest BCUT2D eigenvalue weighted by atomic mass is 35.5. The molecular formula is C6H9ClN2. The molecule has 50 valence electrons. The molecule has 0 radical (unpaired) electrons. The molecule has 1 aromatic heterocycles. The first-order chi connectivity index (χ1) is 4.34. The van der Waals surface area contributed by atoms with E-state index in [1.807, 2.05) is 0 Å². The van der Waals surface area contributed by atoms with Gasteiger partial charge in [-0.05, 0) is 6.42 Å². The molecule has 0 aliphatic rings. The number of halogens is 1. The molecule has 0 aliphatic carbocycles. The lowest BCUT2D eigenvalue weighted by Crippen LogP contribution is -1.90. The molecule has 3 heteroatoms. The molecule has 0 saturated carbocycles. The van der Waals surface area contributed by atoms with Gasteiger partial charge in [0.1, 0.15) is 5.82 Å². The van der Waals surface area contributed by atoms with Crippen LogP contribution in [-0.2, 0) is 6.42 Å². The van der Waals surface area contributed by atoms with Crippen molar-refractivity contribution in [2.24, 2.45) is 0 Å². The standard InChI is InChI=1S/C6H9ClN2/c1-2-3-6-8-4-5-9(6)7/h4-5H,2-3H2,1H3. The van der Waals surface area contributed by atoms with Gasteiger partial charge in [-0.2, -0.15) is 0 Å². The molecule has 1 heterocycles. The fourth-order valence-electron chi connectivity index (χ4n) is 0.714. The van der Waals surface area contributed by atoms with Gasteiger partial charge < -0.3 is 0 Å². The third-order valence-electron chi connectivity index (χ3n) is 1.14. The third kappa shape index (κ3) is 1.45. The lowest BCUT2D eigenvalue weighted by Gasteiger charge is -1.92. The minimum atomic E-state index is 0.944. The predicted molar refractivity (Wildman–Crippen MR) is 37.5 cm³/mol. The van der Waals surface area contributed by atoms with Crippen LogP contribution in [0.15, 0.2) is 12.4 Å². The molecular weight excluding hydrogens is 136 g/mol. The van der Waals surface area contributed by atoms with E-state index in [1.165, 1.54) is 4.09 Å². The van der Waals surface area contributed by atoms with E-state index in [1.54, 1.807) is 12.4 Å². The van der Waals surface area contributed by atoms with E-state index < -0.39 is 0 Å². The second-order valence-corrected chi connectivity index (χ2v) is 2.27. The Bertz CT molecular complexity index is 183. The van der Waals surface area contributed by atoms with Gasteiger partial charge in [-0.25, -0.2) is 9.07 Å². The predicted octanol–water partition coefficient (Wildman–Crippen LogP) is 1.84. The number of nitrogens with zero attached hydrogens (tertiary/aromatic N) is 2. The first kappa shape index (κ1) is 6.62. The average molecular weight is 145 g/mol. The monoisotopic (exact) mass is 144 g/mol. The van der Waals surface area contributed by atoms with E-state index in [9.17, 15) is 0 Å². The lowest BCUT2D eigenvalue weighted by molar-refractivity contribution is 0.839. The van der Waals surface area contributed by atoms with Gasteiger partial charge >= 0.3 is 0 Å². The number of hydrogen-bond donors (Lipinski definition) is 0. The molecule has 0 bridgehead atoms. The lowest BCUT2D eigenvalue weighted by atomic mass is 10.3. The van der Waals surface area contributed by atoms with E-state index in [4.69, 9.17) is 11.8 Å². The van der Waals surface area contributed by atoms with Gasteiger partial charge in [0.2, 0.25) is 0 Å². The number of hydrogen-bond acceptors (Lipinski definition) is 1. The maximum atomic E-state index is 5.67. The maximum Gasteiger partial charge on any atom is 0.123 e. The van der Waals surface area contributed by atoms with Crippen LogP contribution in [0.5, 0.6) is 0 Å². The number of imidazole rings is 1. The Hall–Kier alpha value is -0.500. The van der Waals surface area contributed by atoms with Gasteiger partial charge in [0, 0.05) is 30.6 Å².